The van der Waals surface area contributed by atoms with E-state index in [-0.39, 0.29) is 0 Å². The van der Waals surface area contributed by atoms with E-state index in [2.05, 4.69) is 74.6 Å². The van der Waals surface area contributed by atoms with Crippen LogP contribution in [0.2, 0.25) is 0 Å². The molecule has 0 atom stereocenters. The summed E-state index contributed by atoms with van der Waals surface area (Å²) in [5.74, 6) is 0. The van der Waals surface area contributed by atoms with Gasteiger partial charge in [0.1, 0.15) is 0 Å². The zero-order chi connectivity index (χ0) is 18.5. The number of hydrogen-bond acceptors (Lipinski definition) is 3. The molecular weight excluding hydrogens is 320 g/mol. The zero-order valence-corrected chi connectivity index (χ0v) is 16.2. The average molecular weight is 348 g/mol. The molecule has 4 nitrogen and oxygen atoms in total. The summed E-state index contributed by atoms with van der Waals surface area (Å²) in [6.07, 6.45) is 0. The Bertz CT molecular complexity index is 833. The molecule has 0 amide bonds. The lowest BCUT2D eigenvalue weighted by Crippen LogP contribution is -2.14. The fourth-order valence-corrected chi connectivity index (χ4v) is 3.21. The van der Waals surface area contributed by atoms with Crippen molar-refractivity contribution in [2.45, 2.75) is 33.5 Å². The van der Waals surface area contributed by atoms with Gasteiger partial charge < -0.3 is 10.2 Å². The first kappa shape index (κ1) is 18.4. The molecule has 0 aliphatic rings. The van der Waals surface area contributed by atoms with E-state index in [1.165, 1.54) is 22.4 Å². The Labute approximate surface area is 156 Å². The van der Waals surface area contributed by atoms with Crippen LogP contribution in [0.15, 0.2) is 54.6 Å². The highest BCUT2D eigenvalue weighted by Crippen LogP contribution is 2.17. The van der Waals surface area contributed by atoms with Gasteiger partial charge in [0.2, 0.25) is 0 Å². The Balaban J connectivity index is 1.62. The van der Waals surface area contributed by atoms with E-state index in [1.807, 2.05) is 22.9 Å². The van der Waals surface area contributed by atoms with Gasteiger partial charge in [-0.3, -0.25) is 0 Å². The third kappa shape index (κ3) is 4.40. The smallest absolute Gasteiger partial charge is 0.0648 e. The third-order valence-corrected chi connectivity index (χ3v) is 4.59. The molecule has 1 aromatic heterocycles. The van der Waals surface area contributed by atoms with Crippen molar-refractivity contribution < 1.29 is 0 Å². The lowest BCUT2D eigenvalue weighted by Gasteiger charge is -2.11. The van der Waals surface area contributed by atoms with E-state index in [0.29, 0.717) is 0 Å². The molecule has 3 rings (SSSR count). The molecular formula is C22H28N4. The molecule has 1 heterocycles. The van der Waals surface area contributed by atoms with Gasteiger partial charge in [-0.15, -0.1) is 0 Å². The van der Waals surface area contributed by atoms with Gasteiger partial charge in [-0.05, 0) is 51.2 Å². The Hall–Kier alpha value is -2.43. The van der Waals surface area contributed by atoms with E-state index in [1.54, 1.807) is 0 Å². The van der Waals surface area contributed by atoms with Crippen molar-refractivity contribution in [3.63, 3.8) is 0 Å². The lowest BCUT2D eigenvalue weighted by molar-refractivity contribution is 0.402. The molecule has 0 spiro atoms. The molecule has 0 saturated carbocycles. The first-order chi connectivity index (χ1) is 12.5. The molecule has 0 fully saturated rings. The highest BCUT2D eigenvalue weighted by atomic mass is 15.3. The fraction of sp³-hybridized carbons (Fsp3) is 0.318. The minimum Gasteiger partial charge on any atom is -0.308 e. The second kappa shape index (κ2) is 8.30. The van der Waals surface area contributed by atoms with Crippen LogP contribution in [0.4, 0.5) is 0 Å². The van der Waals surface area contributed by atoms with Crippen LogP contribution < -0.4 is 5.32 Å². The quantitative estimate of drug-likeness (QED) is 0.704. The molecule has 26 heavy (non-hydrogen) atoms. The summed E-state index contributed by atoms with van der Waals surface area (Å²) in [7, 11) is 4.19. The predicted octanol–water partition coefficient (Wildman–Crippen LogP) is 3.84. The van der Waals surface area contributed by atoms with Crippen molar-refractivity contribution in [3.8, 4) is 5.69 Å². The number of rotatable bonds is 7. The van der Waals surface area contributed by atoms with E-state index >= 15 is 0 Å². The minimum atomic E-state index is 0.823. The second-order valence-corrected chi connectivity index (χ2v) is 7.05. The number of benzene rings is 2. The number of hydrogen-bond donors (Lipinski definition) is 1. The largest absolute Gasteiger partial charge is 0.308 e. The predicted molar refractivity (Wildman–Crippen MR) is 107 cm³/mol. The van der Waals surface area contributed by atoms with Crippen molar-refractivity contribution in [2.24, 2.45) is 0 Å². The van der Waals surface area contributed by atoms with Gasteiger partial charge in [-0.2, -0.15) is 5.10 Å². The number of para-hydroxylation sites is 1. The van der Waals surface area contributed by atoms with Gasteiger partial charge in [0.25, 0.3) is 0 Å². The minimum absolute atomic E-state index is 0.823. The van der Waals surface area contributed by atoms with Crippen LogP contribution in [0.25, 0.3) is 5.69 Å². The van der Waals surface area contributed by atoms with Gasteiger partial charge >= 0.3 is 0 Å². The van der Waals surface area contributed by atoms with Crippen LogP contribution in [0, 0.1) is 13.8 Å². The molecule has 0 aliphatic carbocycles. The maximum absolute atomic E-state index is 4.72. The van der Waals surface area contributed by atoms with Crippen LogP contribution in [0.1, 0.15) is 28.1 Å². The maximum atomic E-state index is 4.72. The first-order valence-corrected chi connectivity index (χ1v) is 9.08. The Morgan fingerprint density at radius 1 is 0.885 bits per heavy atom. The van der Waals surface area contributed by atoms with Gasteiger partial charge in [-0.1, -0.05) is 42.5 Å². The number of nitrogens with zero attached hydrogens (tertiary/aromatic N) is 3. The first-order valence-electron chi connectivity index (χ1n) is 9.08. The van der Waals surface area contributed by atoms with Gasteiger partial charge in [0, 0.05) is 30.9 Å². The number of aryl methyl sites for hydroxylation is 1. The van der Waals surface area contributed by atoms with Crippen LogP contribution in [-0.4, -0.2) is 28.8 Å². The molecule has 0 saturated heterocycles. The zero-order valence-electron chi connectivity index (χ0n) is 16.2. The molecule has 3 aromatic rings. The third-order valence-electron chi connectivity index (χ3n) is 4.59. The molecule has 0 unspecified atom stereocenters. The van der Waals surface area contributed by atoms with Crippen LogP contribution in [0.3, 0.4) is 0 Å². The fourth-order valence-electron chi connectivity index (χ4n) is 3.21. The van der Waals surface area contributed by atoms with Crippen molar-refractivity contribution in [2.75, 3.05) is 14.1 Å². The normalized spacial score (nSPS) is 11.3. The Morgan fingerprint density at radius 3 is 2.19 bits per heavy atom. The summed E-state index contributed by atoms with van der Waals surface area (Å²) in [6.45, 7) is 6.88. The van der Waals surface area contributed by atoms with E-state index in [0.717, 1.165) is 31.0 Å². The maximum Gasteiger partial charge on any atom is 0.0648 e. The monoisotopic (exact) mass is 348 g/mol. The standard InChI is InChI=1S/C22H28N4/c1-17-22(18(2)26(24-17)21-8-6-5-7-9-21)15-23-14-19-10-12-20(13-11-19)16-25(3)4/h5-13,23H,14-16H2,1-4H3. The summed E-state index contributed by atoms with van der Waals surface area (Å²) in [5.41, 5.74) is 7.31. The van der Waals surface area contributed by atoms with E-state index < -0.39 is 0 Å². The highest BCUT2D eigenvalue weighted by molar-refractivity contribution is 5.37. The summed E-state index contributed by atoms with van der Waals surface area (Å²) in [5, 5.41) is 8.28. The summed E-state index contributed by atoms with van der Waals surface area (Å²) in [6, 6.07) is 19.1. The summed E-state index contributed by atoms with van der Waals surface area (Å²) in [4.78, 5) is 2.18. The second-order valence-electron chi connectivity index (χ2n) is 7.05. The van der Waals surface area contributed by atoms with Crippen molar-refractivity contribution in [1.82, 2.24) is 20.0 Å². The van der Waals surface area contributed by atoms with Crippen LogP contribution in [-0.2, 0) is 19.6 Å². The highest BCUT2D eigenvalue weighted by Gasteiger charge is 2.12. The van der Waals surface area contributed by atoms with Crippen LogP contribution in [0.5, 0.6) is 0 Å². The average Bonchev–Trinajstić information content (AvgIpc) is 2.91. The molecule has 0 aliphatic heterocycles. The topological polar surface area (TPSA) is 33.1 Å². The Morgan fingerprint density at radius 2 is 1.54 bits per heavy atom. The van der Waals surface area contributed by atoms with Crippen LogP contribution >= 0.6 is 0 Å². The van der Waals surface area contributed by atoms with Gasteiger partial charge in [0.15, 0.2) is 0 Å². The van der Waals surface area contributed by atoms with E-state index in [4.69, 9.17) is 5.10 Å². The Kier molecular flexibility index (Phi) is 5.86. The molecule has 0 radical (unpaired) electrons. The molecule has 0 bridgehead atoms. The van der Waals surface area contributed by atoms with Crippen molar-refractivity contribution in [3.05, 3.63) is 82.7 Å². The van der Waals surface area contributed by atoms with E-state index in [9.17, 15) is 0 Å². The summed E-state index contributed by atoms with van der Waals surface area (Å²) < 4.78 is 2.03. The SMILES string of the molecule is Cc1nn(-c2ccccc2)c(C)c1CNCc1ccc(CN(C)C)cc1. The van der Waals surface area contributed by atoms with Gasteiger partial charge in [0.05, 0.1) is 11.4 Å². The molecule has 1 N–H and O–H groups in total. The van der Waals surface area contributed by atoms with Crippen molar-refractivity contribution in [1.29, 1.82) is 0 Å². The summed E-state index contributed by atoms with van der Waals surface area (Å²) >= 11 is 0. The number of aromatic nitrogens is 2. The van der Waals surface area contributed by atoms with Crippen molar-refractivity contribution >= 4 is 0 Å². The molecule has 136 valence electrons. The van der Waals surface area contributed by atoms with Gasteiger partial charge in [-0.25, -0.2) is 4.68 Å². The lowest BCUT2D eigenvalue weighted by atomic mass is 10.1. The molecule has 2 aromatic carbocycles. The number of nitrogens with one attached hydrogen (secondary N) is 1. The molecule has 4 heteroatoms.